The molecular weight excluding hydrogens is 318 g/mol. The zero-order valence-corrected chi connectivity index (χ0v) is 14.4. The average Bonchev–Trinajstić information content (AvgIpc) is 2.44. The summed E-state index contributed by atoms with van der Waals surface area (Å²) >= 11 is 0. The maximum absolute atomic E-state index is 12.0. The van der Waals surface area contributed by atoms with Gasteiger partial charge in [0.25, 0.3) is 0 Å². The van der Waals surface area contributed by atoms with Gasteiger partial charge in [-0.2, -0.15) is 0 Å². The fourth-order valence-corrected chi connectivity index (χ4v) is 2.81. The normalized spacial score (nSPS) is 12.3. The highest BCUT2D eigenvalue weighted by atomic mass is 32.2. The third kappa shape index (κ3) is 7.64. The van der Waals surface area contributed by atoms with E-state index in [2.05, 4.69) is 15.4 Å². The van der Waals surface area contributed by atoms with Crippen molar-refractivity contribution in [1.29, 1.82) is 0 Å². The Morgan fingerprint density at radius 3 is 2.48 bits per heavy atom. The van der Waals surface area contributed by atoms with E-state index < -0.39 is 10.0 Å². The van der Waals surface area contributed by atoms with Gasteiger partial charge in [-0.25, -0.2) is 8.42 Å². The number of carbonyl (C=O) groups excluding carboxylic acids is 2. The Morgan fingerprint density at radius 2 is 1.87 bits per heavy atom. The number of hydrogen-bond donors (Lipinski definition) is 3. The fourth-order valence-electron chi connectivity index (χ4n) is 1.77. The van der Waals surface area contributed by atoms with Crippen molar-refractivity contribution in [2.24, 2.45) is 0 Å². The van der Waals surface area contributed by atoms with Gasteiger partial charge in [0.05, 0.1) is 11.4 Å². The van der Waals surface area contributed by atoms with E-state index in [1.165, 1.54) is 13.0 Å². The van der Waals surface area contributed by atoms with Crippen LogP contribution in [0.2, 0.25) is 0 Å². The second-order valence-corrected chi connectivity index (χ2v) is 7.15. The quantitative estimate of drug-likeness (QED) is 0.669. The summed E-state index contributed by atoms with van der Waals surface area (Å²) in [4.78, 5) is 22.6. The molecule has 0 saturated carbocycles. The molecule has 1 atom stereocenters. The van der Waals surface area contributed by atoms with E-state index in [1.54, 1.807) is 18.2 Å². The second kappa shape index (κ2) is 8.52. The predicted molar refractivity (Wildman–Crippen MR) is 90.7 cm³/mol. The van der Waals surface area contributed by atoms with E-state index in [9.17, 15) is 18.0 Å². The van der Waals surface area contributed by atoms with E-state index >= 15 is 0 Å². The van der Waals surface area contributed by atoms with Gasteiger partial charge in [0.2, 0.25) is 21.8 Å². The van der Waals surface area contributed by atoms with Gasteiger partial charge >= 0.3 is 0 Å². The summed E-state index contributed by atoms with van der Waals surface area (Å²) in [6, 6.07) is 6.38. The number of sulfonamides is 1. The van der Waals surface area contributed by atoms with Gasteiger partial charge in [-0.15, -0.1) is 0 Å². The van der Waals surface area contributed by atoms with Gasteiger partial charge in [0.15, 0.2) is 0 Å². The molecule has 7 nitrogen and oxygen atoms in total. The Morgan fingerprint density at radius 1 is 1.22 bits per heavy atom. The largest absolute Gasteiger partial charge is 0.354 e. The van der Waals surface area contributed by atoms with Gasteiger partial charge in [0, 0.05) is 25.1 Å². The highest BCUT2D eigenvalue weighted by Crippen LogP contribution is 2.16. The van der Waals surface area contributed by atoms with E-state index in [0.29, 0.717) is 11.4 Å². The summed E-state index contributed by atoms with van der Waals surface area (Å²) in [5.41, 5.74) is 0.825. The van der Waals surface area contributed by atoms with E-state index in [-0.39, 0.29) is 30.0 Å². The van der Waals surface area contributed by atoms with Crippen LogP contribution in [0.25, 0.3) is 0 Å². The van der Waals surface area contributed by atoms with Crippen molar-refractivity contribution < 1.29 is 18.0 Å². The number of rotatable bonds is 8. The van der Waals surface area contributed by atoms with Crippen LogP contribution in [0.4, 0.5) is 11.4 Å². The van der Waals surface area contributed by atoms with Crippen LogP contribution in [0.1, 0.15) is 33.6 Å². The minimum absolute atomic E-state index is 0.0208. The first-order valence-corrected chi connectivity index (χ1v) is 9.04. The van der Waals surface area contributed by atoms with Gasteiger partial charge in [-0.1, -0.05) is 13.0 Å². The summed E-state index contributed by atoms with van der Waals surface area (Å²) in [6.45, 7) is 5.16. The zero-order valence-electron chi connectivity index (χ0n) is 13.5. The summed E-state index contributed by atoms with van der Waals surface area (Å²) in [5, 5.41) is 5.29. The molecule has 0 radical (unpaired) electrons. The molecule has 128 valence electrons. The van der Waals surface area contributed by atoms with Gasteiger partial charge in [0.1, 0.15) is 0 Å². The molecular formula is C15H23N3O4S. The van der Waals surface area contributed by atoms with Crippen LogP contribution in [0.15, 0.2) is 24.3 Å². The summed E-state index contributed by atoms with van der Waals surface area (Å²) in [7, 11) is -3.64. The van der Waals surface area contributed by atoms with Crippen molar-refractivity contribution >= 4 is 33.2 Å². The number of anilines is 2. The van der Waals surface area contributed by atoms with E-state index in [0.717, 1.165) is 6.42 Å². The van der Waals surface area contributed by atoms with Gasteiger partial charge in [-0.05, 0) is 31.5 Å². The summed E-state index contributed by atoms with van der Waals surface area (Å²) < 4.78 is 26.4. The smallest absolute Gasteiger partial charge is 0.233 e. The van der Waals surface area contributed by atoms with Crippen molar-refractivity contribution in [2.45, 2.75) is 39.7 Å². The molecule has 0 aliphatic rings. The van der Waals surface area contributed by atoms with Crippen LogP contribution in [-0.2, 0) is 19.6 Å². The zero-order chi connectivity index (χ0) is 17.5. The molecule has 0 spiro atoms. The Hall–Kier alpha value is -2.09. The first-order valence-electron chi connectivity index (χ1n) is 7.39. The first kappa shape index (κ1) is 19.0. The Bertz CT molecular complexity index is 658. The van der Waals surface area contributed by atoms with E-state index in [4.69, 9.17) is 0 Å². The minimum atomic E-state index is -3.64. The average molecular weight is 341 g/mol. The van der Waals surface area contributed by atoms with Crippen molar-refractivity contribution in [2.75, 3.05) is 15.8 Å². The molecule has 23 heavy (non-hydrogen) atoms. The SMILES string of the molecule is CCC(C)NC(=O)CCS(=O)(=O)Nc1cccc(NC(C)=O)c1. The van der Waals surface area contributed by atoms with Crippen LogP contribution in [0, 0.1) is 0 Å². The lowest BCUT2D eigenvalue weighted by Crippen LogP contribution is -2.33. The van der Waals surface area contributed by atoms with Crippen molar-refractivity contribution in [3.05, 3.63) is 24.3 Å². The van der Waals surface area contributed by atoms with Gasteiger partial charge in [-0.3, -0.25) is 14.3 Å². The lowest BCUT2D eigenvalue weighted by Gasteiger charge is -2.12. The molecule has 0 aromatic heterocycles. The van der Waals surface area contributed by atoms with Crippen LogP contribution >= 0.6 is 0 Å². The monoisotopic (exact) mass is 341 g/mol. The molecule has 0 saturated heterocycles. The van der Waals surface area contributed by atoms with Crippen molar-refractivity contribution in [3.8, 4) is 0 Å². The third-order valence-electron chi connectivity index (χ3n) is 3.07. The van der Waals surface area contributed by atoms with Crippen molar-refractivity contribution in [3.63, 3.8) is 0 Å². The predicted octanol–water partition coefficient (Wildman–Crippen LogP) is 1.69. The molecule has 1 aromatic carbocycles. The highest BCUT2D eigenvalue weighted by Gasteiger charge is 2.14. The number of benzene rings is 1. The first-order chi connectivity index (χ1) is 10.7. The third-order valence-corrected chi connectivity index (χ3v) is 4.36. The number of nitrogens with one attached hydrogen (secondary N) is 3. The summed E-state index contributed by atoms with van der Waals surface area (Å²) in [5.74, 6) is -0.844. The molecule has 8 heteroatoms. The van der Waals surface area contributed by atoms with Crippen molar-refractivity contribution in [1.82, 2.24) is 5.32 Å². The molecule has 0 aliphatic carbocycles. The Kier molecular flexibility index (Phi) is 7.02. The molecule has 0 bridgehead atoms. The number of amides is 2. The molecule has 0 fully saturated rings. The lowest BCUT2D eigenvalue weighted by molar-refractivity contribution is -0.121. The molecule has 1 aromatic rings. The molecule has 0 heterocycles. The topological polar surface area (TPSA) is 104 Å². The number of hydrogen-bond acceptors (Lipinski definition) is 4. The molecule has 0 aliphatic heterocycles. The molecule has 3 N–H and O–H groups in total. The van der Waals surface area contributed by atoms with Crippen LogP contribution in [0.3, 0.4) is 0 Å². The second-order valence-electron chi connectivity index (χ2n) is 5.31. The molecule has 2 amide bonds. The van der Waals surface area contributed by atoms with E-state index in [1.807, 2.05) is 13.8 Å². The number of carbonyl (C=O) groups is 2. The van der Waals surface area contributed by atoms with Crippen LogP contribution in [-0.4, -0.2) is 32.0 Å². The Balaban J connectivity index is 2.61. The Labute approximate surface area is 136 Å². The lowest BCUT2D eigenvalue weighted by atomic mass is 10.2. The fraction of sp³-hybridized carbons (Fsp3) is 0.467. The van der Waals surface area contributed by atoms with Crippen LogP contribution in [0.5, 0.6) is 0 Å². The minimum Gasteiger partial charge on any atom is -0.354 e. The molecule has 1 unspecified atom stereocenters. The maximum atomic E-state index is 12.0. The maximum Gasteiger partial charge on any atom is 0.233 e. The summed E-state index contributed by atoms with van der Waals surface area (Å²) in [6.07, 6.45) is 0.678. The standard InChI is InChI=1S/C15H23N3O4S/c1-4-11(2)16-15(20)8-9-23(21,22)18-14-7-5-6-13(10-14)17-12(3)19/h5-7,10-11,18H,4,8-9H2,1-3H3,(H,16,20)(H,17,19). The van der Waals surface area contributed by atoms with Gasteiger partial charge < -0.3 is 10.6 Å². The molecule has 1 rings (SSSR count). The highest BCUT2D eigenvalue weighted by molar-refractivity contribution is 7.92. The van der Waals surface area contributed by atoms with Crippen LogP contribution < -0.4 is 15.4 Å².